The normalized spacial score (nSPS) is 17.8. The van der Waals surface area contributed by atoms with Gasteiger partial charge in [0.25, 0.3) is 5.91 Å². The maximum atomic E-state index is 12.1. The van der Waals surface area contributed by atoms with Gasteiger partial charge in [0.1, 0.15) is 5.69 Å². The molecular weight excluding hydrogens is 280 g/mol. The molecule has 2 rings (SSSR count). The molecule has 1 aromatic heterocycles. The van der Waals surface area contributed by atoms with Gasteiger partial charge in [-0.1, -0.05) is 25.7 Å². The molecule has 0 unspecified atom stereocenters. The first-order chi connectivity index (χ1) is 10.5. The summed E-state index contributed by atoms with van der Waals surface area (Å²) in [6.45, 7) is 4.31. The lowest BCUT2D eigenvalue weighted by atomic mass is 9.91. The molecule has 0 spiro atoms. The van der Waals surface area contributed by atoms with E-state index in [4.69, 9.17) is 10.5 Å². The van der Waals surface area contributed by atoms with Crippen LogP contribution in [0.15, 0.2) is 12.4 Å². The molecule has 1 aliphatic rings. The lowest BCUT2D eigenvalue weighted by Gasteiger charge is -2.28. The maximum Gasteiger partial charge on any atom is 0.271 e. The highest BCUT2D eigenvalue weighted by molar-refractivity contribution is 5.91. The molecule has 1 aromatic rings. The Morgan fingerprint density at radius 2 is 1.95 bits per heavy atom. The second-order valence-electron chi connectivity index (χ2n) is 6.37. The quantitative estimate of drug-likeness (QED) is 0.813. The zero-order valence-corrected chi connectivity index (χ0v) is 13.5. The standard InChI is InChI=1S/C16H26N4O2/c1-12(2)22-14-10-18-13(9-19-14)15(21)20-11-16(17)7-5-3-4-6-8-16/h9-10,12H,3-8,11,17H2,1-2H3,(H,20,21). The topological polar surface area (TPSA) is 90.1 Å². The van der Waals surface area contributed by atoms with Gasteiger partial charge in [-0.15, -0.1) is 0 Å². The summed E-state index contributed by atoms with van der Waals surface area (Å²) in [7, 11) is 0. The van der Waals surface area contributed by atoms with Gasteiger partial charge in [0.05, 0.1) is 18.5 Å². The molecule has 6 heteroatoms. The van der Waals surface area contributed by atoms with Crippen molar-refractivity contribution in [3.63, 3.8) is 0 Å². The van der Waals surface area contributed by atoms with E-state index in [-0.39, 0.29) is 23.2 Å². The molecule has 3 N–H and O–H groups in total. The molecule has 0 aliphatic heterocycles. The Kier molecular flexibility index (Phi) is 5.71. The smallest absolute Gasteiger partial charge is 0.271 e. The Bertz CT molecular complexity index is 479. The summed E-state index contributed by atoms with van der Waals surface area (Å²) in [5.41, 5.74) is 6.39. The van der Waals surface area contributed by atoms with Crippen LogP contribution in [0.25, 0.3) is 0 Å². The number of aromatic nitrogens is 2. The molecule has 0 aromatic carbocycles. The summed E-state index contributed by atoms with van der Waals surface area (Å²) in [6.07, 6.45) is 9.58. The first-order valence-electron chi connectivity index (χ1n) is 8.04. The van der Waals surface area contributed by atoms with Crippen LogP contribution < -0.4 is 15.8 Å². The van der Waals surface area contributed by atoms with Crippen LogP contribution in [-0.4, -0.2) is 34.1 Å². The van der Waals surface area contributed by atoms with E-state index >= 15 is 0 Å². The highest BCUT2D eigenvalue weighted by atomic mass is 16.5. The van der Waals surface area contributed by atoms with E-state index in [2.05, 4.69) is 15.3 Å². The van der Waals surface area contributed by atoms with Gasteiger partial charge < -0.3 is 15.8 Å². The summed E-state index contributed by atoms with van der Waals surface area (Å²) in [4.78, 5) is 20.3. The third-order valence-corrected chi connectivity index (χ3v) is 3.92. The monoisotopic (exact) mass is 306 g/mol. The van der Waals surface area contributed by atoms with Crippen molar-refractivity contribution in [3.05, 3.63) is 18.1 Å². The summed E-state index contributed by atoms with van der Waals surface area (Å²) in [5, 5.41) is 2.89. The fourth-order valence-electron chi connectivity index (χ4n) is 2.69. The third-order valence-electron chi connectivity index (χ3n) is 3.92. The average Bonchev–Trinajstić information content (AvgIpc) is 2.70. The van der Waals surface area contributed by atoms with Crippen molar-refractivity contribution in [2.75, 3.05) is 6.54 Å². The fourth-order valence-corrected chi connectivity index (χ4v) is 2.69. The number of amides is 1. The molecule has 1 fully saturated rings. The summed E-state index contributed by atoms with van der Waals surface area (Å²) in [6, 6.07) is 0. The zero-order chi connectivity index (χ0) is 16.0. The van der Waals surface area contributed by atoms with Crippen molar-refractivity contribution < 1.29 is 9.53 Å². The number of rotatable bonds is 5. The van der Waals surface area contributed by atoms with Crippen LogP contribution in [0, 0.1) is 0 Å². The largest absolute Gasteiger partial charge is 0.474 e. The van der Waals surface area contributed by atoms with E-state index in [0.717, 1.165) is 25.7 Å². The van der Waals surface area contributed by atoms with E-state index < -0.39 is 0 Å². The van der Waals surface area contributed by atoms with E-state index in [1.807, 2.05) is 13.8 Å². The number of ether oxygens (including phenoxy) is 1. The molecule has 122 valence electrons. The van der Waals surface area contributed by atoms with Crippen LogP contribution in [0.3, 0.4) is 0 Å². The van der Waals surface area contributed by atoms with Crippen molar-refractivity contribution in [3.8, 4) is 5.88 Å². The summed E-state index contributed by atoms with van der Waals surface area (Å²) < 4.78 is 5.41. The number of nitrogens with one attached hydrogen (secondary N) is 1. The lowest BCUT2D eigenvalue weighted by molar-refractivity contribution is 0.0935. The summed E-state index contributed by atoms with van der Waals surface area (Å²) in [5.74, 6) is 0.184. The Morgan fingerprint density at radius 3 is 2.50 bits per heavy atom. The van der Waals surface area contributed by atoms with Gasteiger partial charge in [-0.05, 0) is 26.7 Å². The van der Waals surface area contributed by atoms with Gasteiger partial charge >= 0.3 is 0 Å². The highest BCUT2D eigenvalue weighted by Gasteiger charge is 2.27. The lowest BCUT2D eigenvalue weighted by Crippen LogP contribution is -2.49. The number of carbonyl (C=O) groups excluding carboxylic acids is 1. The van der Waals surface area contributed by atoms with Gasteiger partial charge in [0, 0.05) is 12.1 Å². The van der Waals surface area contributed by atoms with Gasteiger partial charge in [-0.2, -0.15) is 0 Å². The molecule has 1 amide bonds. The molecule has 0 saturated heterocycles. The van der Waals surface area contributed by atoms with Crippen molar-refractivity contribution >= 4 is 5.91 Å². The second-order valence-corrected chi connectivity index (χ2v) is 6.37. The predicted molar refractivity (Wildman–Crippen MR) is 84.7 cm³/mol. The molecule has 1 aliphatic carbocycles. The Balaban J connectivity index is 1.88. The Morgan fingerprint density at radius 1 is 1.27 bits per heavy atom. The molecule has 0 radical (unpaired) electrons. The van der Waals surface area contributed by atoms with Gasteiger partial charge in [-0.25, -0.2) is 9.97 Å². The van der Waals surface area contributed by atoms with Crippen LogP contribution >= 0.6 is 0 Å². The van der Waals surface area contributed by atoms with Crippen LogP contribution in [0.4, 0.5) is 0 Å². The highest BCUT2D eigenvalue weighted by Crippen LogP contribution is 2.24. The minimum Gasteiger partial charge on any atom is -0.474 e. The predicted octanol–water partition coefficient (Wildman–Crippen LogP) is 2.05. The third kappa shape index (κ3) is 4.94. The van der Waals surface area contributed by atoms with Crippen LogP contribution in [0.5, 0.6) is 5.88 Å². The molecule has 6 nitrogen and oxygen atoms in total. The molecular formula is C16H26N4O2. The number of hydrogen-bond donors (Lipinski definition) is 2. The fraction of sp³-hybridized carbons (Fsp3) is 0.688. The van der Waals surface area contributed by atoms with Crippen molar-refractivity contribution in [2.45, 2.75) is 64.0 Å². The number of carbonyl (C=O) groups is 1. The molecule has 0 bridgehead atoms. The molecule has 1 saturated carbocycles. The summed E-state index contributed by atoms with van der Waals surface area (Å²) >= 11 is 0. The first-order valence-corrected chi connectivity index (χ1v) is 8.04. The molecule has 0 atom stereocenters. The van der Waals surface area contributed by atoms with E-state index in [9.17, 15) is 4.79 Å². The Labute approximate surface area is 131 Å². The van der Waals surface area contributed by atoms with Gasteiger partial charge in [0.15, 0.2) is 0 Å². The molecule has 22 heavy (non-hydrogen) atoms. The number of nitrogens with two attached hydrogens (primary N) is 1. The SMILES string of the molecule is CC(C)Oc1cnc(C(=O)NCC2(N)CCCCCC2)cn1. The Hall–Kier alpha value is -1.69. The van der Waals surface area contributed by atoms with E-state index in [1.165, 1.54) is 25.2 Å². The second kappa shape index (κ2) is 7.54. The number of nitrogens with zero attached hydrogens (tertiary/aromatic N) is 2. The van der Waals surface area contributed by atoms with Crippen molar-refractivity contribution in [1.29, 1.82) is 0 Å². The number of hydrogen-bond acceptors (Lipinski definition) is 5. The van der Waals surface area contributed by atoms with Crippen LogP contribution in [0.1, 0.15) is 62.9 Å². The first kappa shape index (κ1) is 16.7. The van der Waals surface area contributed by atoms with E-state index in [1.54, 1.807) is 0 Å². The van der Waals surface area contributed by atoms with Crippen LogP contribution in [-0.2, 0) is 0 Å². The zero-order valence-electron chi connectivity index (χ0n) is 13.5. The average molecular weight is 306 g/mol. The van der Waals surface area contributed by atoms with Gasteiger partial charge in [0.2, 0.25) is 5.88 Å². The van der Waals surface area contributed by atoms with Crippen molar-refractivity contribution in [2.24, 2.45) is 5.73 Å². The van der Waals surface area contributed by atoms with E-state index in [0.29, 0.717) is 12.4 Å². The van der Waals surface area contributed by atoms with Crippen molar-refractivity contribution in [1.82, 2.24) is 15.3 Å². The van der Waals surface area contributed by atoms with Crippen LogP contribution in [0.2, 0.25) is 0 Å². The molecule has 1 heterocycles. The minimum atomic E-state index is -0.291. The minimum absolute atomic E-state index is 0.0290. The van der Waals surface area contributed by atoms with Gasteiger partial charge in [-0.3, -0.25) is 4.79 Å². The maximum absolute atomic E-state index is 12.1.